The predicted octanol–water partition coefficient (Wildman–Crippen LogP) is 6.19. The number of hydrogen-bond acceptors (Lipinski definition) is 10. The van der Waals surface area contributed by atoms with Crippen molar-refractivity contribution >= 4 is 80.2 Å². The summed E-state index contributed by atoms with van der Waals surface area (Å²) in [5.74, 6) is 1.21. The summed E-state index contributed by atoms with van der Waals surface area (Å²) >= 11 is 2.82. The van der Waals surface area contributed by atoms with Gasteiger partial charge < -0.3 is 24.8 Å². The van der Waals surface area contributed by atoms with E-state index in [1.54, 1.807) is 49.9 Å². The minimum absolute atomic E-state index is 0.0859. The maximum atomic E-state index is 13.1. The fourth-order valence-electron chi connectivity index (χ4n) is 4.25. The molecule has 2 aromatic carbocycles. The molecule has 40 heavy (non-hydrogen) atoms. The van der Waals surface area contributed by atoms with Crippen LogP contribution in [0.25, 0.3) is 22.2 Å². The zero-order chi connectivity index (χ0) is 28.2. The van der Waals surface area contributed by atoms with Crippen molar-refractivity contribution < 1.29 is 18.4 Å². The lowest BCUT2D eigenvalue weighted by atomic mass is 10.1. The maximum Gasteiger partial charge on any atom is 0.265 e. The normalized spacial score (nSPS) is 12.1. The molecule has 5 aromatic rings. The maximum absolute atomic E-state index is 13.1. The van der Waals surface area contributed by atoms with Crippen molar-refractivity contribution in [3.8, 4) is 0 Å². The van der Waals surface area contributed by atoms with E-state index in [9.17, 15) is 9.59 Å². The second kappa shape index (κ2) is 12.0. The van der Waals surface area contributed by atoms with Gasteiger partial charge in [-0.25, -0.2) is 9.97 Å². The van der Waals surface area contributed by atoms with Crippen molar-refractivity contribution in [1.29, 1.82) is 0 Å². The number of aliphatic imine (C=N–C) groups is 1. The van der Waals surface area contributed by atoms with E-state index in [0.29, 0.717) is 68.4 Å². The van der Waals surface area contributed by atoms with Crippen molar-refractivity contribution in [3.63, 3.8) is 0 Å². The van der Waals surface area contributed by atoms with Crippen molar-refractivity contribution in [2.24, 2.45) is 10.9 Å². The highest BCUT2D eigenvalue weighted by Gasteiger charge is 2.20. The highest BCUT2D eigenvalue weighted by molar-refractivity contribution is 7.99. The van der Waals surface area contributed by atoms with Crippen LogP contribution in [0.5, 0.6) is 0 Å². The smallest absolute Gasteiger partial charge is 0.265 e. The van der Waals surface area contributed by atoms with Crippen LogP contribution in [0.1, 0.15) is 27.9 Å². The number of carbonyl (C=O) groups excluding carboxylic acids is 2. The highest BCUT2D eigenvalue weighted by Crippen LogP contribution is 2.39. The van der Waals surface area contributed by atoms with Gasteiger partial charge in [0.15, 0.2) is 22.9 Å². The number of amides is 2. The van der Waals surface area contributed by atoms with Gasteiger partial charge in [-0.1, -0.05) is 0 Å². The molecular weight excluding hydrogens is 548 g/mol. The van der Waals surface area contributed by atoms with Crippen LogP contribution in [0.3, 0.4) is 0 Å². The molecule has 0 saturated carbocycles. The van der Waals surface area contributed by atoms with E-state index < -0.39 is 0 Å². The number of fused-ring (bicyclic) bond motifs is 2. The number of aryl methyl sites for hydroxylation is 2. The molecule has 0 spiro atoms. The number of hydrogen-bond donors (Lipinski definition) is 3. The summed E-state index contributed by atoms with van der Waals surface area (Å²) in [5.41, 5.74) is 4.01. The Labute approximate surface area is 238 Å². The molecule has 0 aliphatic rings. The summed E-state index contributed by atoms with van der Waals surface area (Å²) in [6.07, 6.45) is 0.617. The molecule has 0 radical (unpaired) electrons. The van der Waals surface area contributed by atoms with Gasteiger partial charge in [-0.2, -0.15) is 0 Å². The fourth-order valence-corrected chi connectivity index (χ4v) is 6.39. The Hall–Kier alpha value is -4.00. The number of nitrogens with zero attached hydrogens (tertiary/aromatic N) is 3. The summed E-state index contributed by atoms with van der Waals surface area (Å²) in [6.45, 7) is 7.75. The van der Waals surface area contributed by atoms with Crippen LogP contribution in [0.2, 0.25) is 0 Å². The number of aromatic nitrogens is 2. The molecule has 3 heterocycles. The quantitative estimate of drug-likeness (QED) is 0.125. The van der Waals surface area contributed by atoms with Crippen LogP contribution in [-0.2, 0) is 4.79 Å². The van der Waals surface area contributed by atoms with E-state index in [-0.39, 0.29) is 17.7 Å². The predicted molar refractivity (Wildman–Crippen MR) is 160 cm³/mol. The molecule has 1 atom stereocenters. The van der Waals surface area contributed by atoms with Crippen LogP contribution in [-0.4, -0.2) is 47.8 Å². The van der Waals surface area contributed by atoms with Crippen molar-refractivity contribution in [2.75, 3.05) is 30.0 Å². The summed E-state index contributed by atoms with van der Waals surface area (Å²) in [4.78, 5) is 40.1. The van der Waals surface area contributed by atoms with Gasteiger partial charge in [0.1, 0.15) is 16.0 Å². The lowest BCUT2D eigenvalue weighted by Crippen LogP contribution is -2.31. The molecule has 12 heteroatoms. The Morgan fingerprint density at radius 1 is 1.00 bits per heavy atom. The van der Waals surface area contributed by atoms with Gasteiger partial charge in [0.25, 0.3) is 5.91 Å². The average Bonchev–Trinajstić information content (AvgIpc) is 3.62. The second-order valence-electron chi connectivity index (χ2n) is 9.10. The van der Waals surface area contributed by atoms with Gasteiger partial charge in [0.05, 0.1) is 10.8 Å². The molecule has 0 bridgehead atoms. The standard InChI is InChI=1S/C28H28N6O4S2/c1-15-31-20-7-5-19(12-23(20)38-15)33-26(35)17(14-29-3)9-10-39-25-13-24(40-28(25)30-4)27(36)34-18-6-8-22-21(11-18)32-16(2)37-22/h5-8,11-13,17,29H,4,9-10,14H2,1-3H3,(H,33,35)(H,34,36). The van der Waals surface area contributed by atoms with Gasteiger partial charge in [-0.3, -0.25) is 14.6 Å². The zero-order valence-electron chi connectivity index (χ0n) is 22.2. The van der Waals surface area contributed by atoms with Gasteiger partial charge in [0.2, 0.25) is 5.91 Å². The van der Waals surface area contributed by atoms with E-state index >= 15 is 0 Å². The van der Waals surface area contributed by atoms with Crippen molar-refractivity contribution in [2.45, 2.75) is 25.2 Å². The topological polar surface area (TPSA) is 135 Å². The Balaban J connectivity index is 1.20. The number of thiophene rings is 1. The molecule has 1 unspecified atom stereocenters. The van der Waals surface area contributed by atoms with Crippen LogP contribution >= 0.6 is 23.1 Å². The summed E-state index contributed by atoms with van der Waals surface area (Å²) in [5, 5.41) is 9.68. The Kier molecular flexibility index (Phi) is 8.29. The molecule has 10 nitrogen and oxygen atoms in total. The molecule has 206 valence electrons. The average molecular weight is 577 g/mol. The van der Waals surface area contributed by atoms with Gasteiger partial charge >= 0.3 is 0 Å². The third-order valence-electron chi connectivity index (χ3n) is 6.11. The van der Waals surface area contributed by atoms with Crippen LogP contribution in [0.15, 0.2) is 61.2 Å². The van der Waals surface area contributed by atoms with Gasteiger partial charge in [-0.05, 0) is 62.3 Å². The lowest BCUT2D eigenvalue weighted by molar-refractivity contribution is -0.119. The zero-order valence-corrected chi connectivity index (χ0v) is 23.9. The van der Waals surface area contributed by atoms with Crippen molar-refractivity contribution in [3.05, 3.63) is 59.1 Å². The summed E-state index contributed by atoms with van der Waals surface area (Å²) in [6, 6.07) is 12.6. The monoisotopic (exact) mass is 576 g/mol. The number of rotatable bonds is 11. The Morgan fingerprint density at radius 2 is 1.73 bits per heavy atom. The van der Waals surface area contributed by atoms with E-state index in [1.807, 2.05) is 25.2 Å². The molecule has 3 N–H and O–H groups in total. The largest absolute Gasteiger partial charge is 0.441 e. The third kappa shape index (κ3) is 6.24. The molecule has 0 saturated heterocycles. The minimum atomic E-state index is -0.263. The Morgan fingerprint density at radius 3 is 2.50 bits per heavy atom. The first-order valence-electron chi connectivity index (χ1n) is 12.6. The van der Waals surface area contributed by atoms with E-state index in [4.69, 9.17) is 8.83 Å². The van der Waals surface area contributed by atoms with Crippen LogP contribution in [0, 0.1) is 19.8 Å². The Bertz CT molecular complexity index is 1710. The molecule has 0 aliphatic carbocycles. The summed E-state index contributed by atoms with van der Waals surface area (Å²) in [7, 11) is 1.82. The molecule has 5 rings (SSSR count). The van der Waals surface area contributed by atoms with E-state index in [1.165, 1.54) is 11.3 Å². The number of nitrogens with one attached hydrogen (secondary N) is 3. The number of carbonyl (C=O) groups is 2. The lowest BCUT2D eigenvalue weighted by Gasteiger charge is -2.16. The molecular formula is C28H28N6O4S2. The number of thioether (sulfide) groups is 1. The van der Waals surface area contributed by atoms with Crippen LogP contribution in [0.4, 0.5) is 16.4 Å². The molecule has 0 aliphatic heterocycles. The van der Waals surface area contributed by atoms with Gasteiger partial charge in [0, 0.05) is 42.7 Å². The molecule has 2 amide bonds. The minimum Gasteiger partial charge on any atom is -0.441 e. The summed E-state index contributed by atoms with van der Waals surface area (Å²) < 4.78 is 11.1. The van der Waals surface area contributed by atoms with Crippen molar-refractivity contribution in [1.82, 2.24) is 15.3 Å². The van der Waals surface area contributed by atoms with Gasteiger partial charge in [-0.15, -0.1) is 23.1 Å². The first-order chi connectivity index (χ1) is 19.3. The van der Waals surface area contributed by atoms with E-state index in [0.717, 1.165) is 10.4 Å². The number of anilines is 2. The third-order valence-corrected chi connectivity index (χ3v) is 8.36. The molecule has 0 fully saturated rings. The molecule has 3 aromatic heterocycles. The van der Waals surface area contributed by atoms with Crippen LogP contribution < -0.4 is 16.0 Å². The highest BCUT2D eigenvalue weighted by atomic mass is 32.2. The second-order valence-corrected chi connectivity index (χ2v) is 11.3. The number of oxazole rings is 2. The fraction of sp³-hybridized carbons (Fsp3) is 0.250. The first kappa shape index (κ1) is 27.6. The van der Waals surface area contributed by atoms with E-state index in [2.05, 4.69) is 37.6 Å². The number of benzene rings is 2. The SMILES string of the molecule is C=Nc1sc(C(=O)Nc2ccc3oc(C)nc3c2)cc1SCCC(CNC)C(=O)Nc1ccc2nc(C)oc2c1. The first-order valence-corrected chi connectivity index (χ1v) is 14.4.